The summed E-state index contributed by atoms with van der Waals surface area (Å²) in [5, 5.41) is 0. The molecule has 0 rings (SSSR count). The van der Waals surface area contributed by atoms with Gasteiger partial charge in [-0.15, -0.1) is 0 Å². The van der Waals surface area contributed by atoms with E-state index in [-0.39, 0.29) is 0 Å². The first-order chi connectivity index (χ1) is 3.91. The topological polar surface area (TPSA) is 35.8 Å². The smallest absolute Gasteiger partial charge is 0.0113 e. The maximum absolute atomic E-state index is 6.59. The van der Waals surface area contributed by atoms with Crippen molar-refractivity contribution in [3.8, 4) is 0 Å². The molecule has 0 aliphatic rings. The van der Waals surface area contributed by atoms with Gasteiger partial charge in [0.05, 0.1) is 0 Å². The number of hydrogen-bond acceptors (Lipinski definition) is 1. The van der Waals surface area contributed by atoms with Crippen LogP contribution in [0.3, 0.4) is 0 Å². The molecule has 0 aliphatic carbocycles. The van der Waals surface area contributed by atoms with Crippen LogP contribution in [0.1, 0.15) is 32.6 Å². The van der Waals surface area contributed by atoms with Gasteiger partial charge in [-0.2, -0.15) is 5.84 Å². The summed E-state index contributed by atoms with van der Waals surface area (Å²) in [6.07, 6.45) is 5.00. The highest BCUT2D eigenvalue weighted by molar-refractivity contribution is 4.40. The first-order valence-electron chi connectivity index (χ1n) is 3.31. The zero-order valence-electron chi connectivity index (χ0n) is 5.54. The van der Waals surface area contributed by atoms with E-state index in [1.807, 2.05) is 0 Å². The summed E-state index contributed by atoms with van der Waals surface area (Å²) >= 11 is 0. The first-order valence-corrected chi connectivity index (χ1v) is 3.31. The molecule has 0 aromatic carbocycles. The van der Waals surface area contributed by atoms with Crippen molar-refractivity contribution in [3.63, 3.8) is 0 Å². The largest absolute Gasteiger partial charge is 0.243 e. The second-order valence-electron chi connectivity index (χ2n) is 1.99. The highest BCUT2D eigenvalue weighted by atomic mass is 15.2. The molecule has 0 spiro atoms. The molecule has 2 nitrogen and oxygen atoms in total. The average Bonchev–Trinajstić information content (AvgIpc) is 1.81. The van der Waals surface area contributed by atoms with Crippen LogP contribution < -0.4 is 11.3 Å². The highest BCUT2D eigenvalue weighted by Gasteiger charge is 1.83. The van der Waals surface area contributed by atoms with E-state index >= 15 is 0 Å². The van der Waals surface area contributed by atoms with Crippen molar-refractivity contribution in [2.24, 2.45) is 0 Å². The lowest BCUT2D eigenvalue weighted by molar-refractivity contribution is 0.604. The Morgan fingerprint density at radius 3 is 2.50 bits per heavy atom. The van der Waals surface area contributed by atoms with E-state index < -0.39 is 0 Å². The standard InChI is InChI=1S/C6H15N2/c1-2-3-4-5-6-8-7/h7-8H,2-6H2,1H3. The van der Waals surface area contributed by atoms with Crippen molar-refractivity contribution in [3.05, 3.63) is 0 Å². The Morgan fingerprint density at radius 1 is 1.25 bits per heavy atom. The predicted molar refractivity (Wildman–Crippen MR) is 35.2 cm³/mol. The van der Waals surface area contributed by atoms with Gasteiger partial charge in [0.1, 0.15) is 0 Å². The summed E-state index contributed by atoms with van der Waals surface area (Å²) in [5.41, 5.74) is 2.38. The molecule has 0 saturated heterocycles. The summed E-state index contributed by atoms with van der Waals surface area (Å²) in [4.78, 5) is 0. The fraction of sp³-hybridized carbons (Fsp3) is 1.00. The summed E-state index contributed by atoms with van der Waals surface area (Å²) in [6, 6.07) is 0. The molecule has 2 heteroatoms. The monoisotopic (exact) mass is 115 g/mol. The van der Waals surface area contributed by atoms with Gasteiger partial charge in [0, 0.05) is 6.54 Å². The third kappa shape index (κ3) is 5.92. The van der Waals surface area contributed by atoms with Crippen LogP contribution >= 0.6 is 0 Å². The quantitative estimate of drug-likeness (QED) is 0.426. The van der Waals surface area contributed by atoms with Crippen LogP contribution in [0.4, 0.5) is 0 Å². The Kier molecular flexibility index (Phi) is 6.85. The van der Waals surface area contributed by atoms with Crippen LogP contribution in [0.25, 0.3) is 0 Å². The van der Waals surface area contributed by atoms with E-state index in [4.69, 9.17) is 5.84 Å². The molecular formula is C6H15N2. The number of nitrogens with one attached hydrogen (secondary N) is 2. The number of hydrogen-bond donors (Lipinski definition) is 1. The van der Waals surface area contributed by atoms with E-state index in [0.29, 0.717) is 0 Å². The van der Waals surface area contributed by atoms with Crippen molar-refractivity contribution in [2.75, 3.05) is 6.54 Å². The van der Waals surface area contributed by atoms with E-state index in [9.17, 15) is 0 Å². The zero-order chi connectivity index (χ0) is 6.24. The Morgan fingerprint density at radius 2 is 2.00 bits per heavy atom. The van der Waals surface area contributed by atoms with Gasteiger partial charge < -0.3 is 0 Å². The summed E-state index contributed by atoms with van der Waals surface area (Å²) in [7, 11) is 0. The van der Waals surface area contributed by atoms with Crippen LogP contribution in [-0.2, 0) is 0 Å². The van der Waals surface area contributed by atoms with E-state index in [2.05, 4.69) is 12.3 Å². The van der Waals surface area contributed by atoms with Crippen molar-refractivity contribution < 1.29 is 0 Å². The van der Waals surface area contributed by atoms with E-state index in [0.717, 1.165) is 13.0 Å². The fourth-order valence-electron chi connectivity index (χ4n) is 0.640. The normalized spacial score (nSPS) is 9.75. The Balaban J connectivity index is 2.53. The first kappa shape index (κ1) is 7.92. The van der Waals surface area contributed by atoms with Gasteiger partial charge in [-0.25, -0.2) is 5.43 Å². The van der Waals surface area contributed by atoms with Crippen LogP contribution in [0.5, 0.6) is 0 Å². The van der Waals surface area contributed by atoms with Gasteiger partial charge in [-0.1, -0.05) is 26.2 Å². The molecule has 2 N–H and O–H groups in total. The Labute approximate surface area is 51.4 Å². The van der Waals surface area contributed by atoms with Crippen molar-refractivity contribution in [1.29, 1.82) is 0 Å². The SMILES string of the molecule is CCCCCCN[NH]. The van der Waals surface area contributed by atoms with Crippen LogP contribution in [0.15, 0.2) is 0 Å². The van der Waals surface area contributed by atoms with Gasteiger partial charge >= 0.3 is 0 Å². The molecule has 1 radical (unpaired) electrons. The molecular weight excluding hydrogens is 100 g/mol. The molecule has 0 aliphatic heterocycles. The lowest BCUT2D eigenvalue weighted by Crippen LogP contribution is -2.10. The van der Waals surface area contributed by atoms with Gasteiger partial charge in [0.2, 0.25) is 0 Å². The molecule has 0 aromatic heterocycles. The van der Waals surface area contributed by atoms with Gasteiger partial charge in [-0.05, 0) is 6.42 Å². The molecule has 0 aromatic rings. The third-order valence-electron chi connectivity index (χ3n) is 1.16. The van der Waals surface area contributed by atoms with Gasteiger partial charge in [-0.3, -0.25) is 0 Å². The molecule has 0 saturated carbocycles. The molecule has 0 unspecified atom stereocenters. The Hall–Kier alpha value is -0.0800. The molecule has 49 valence electrons. The molecule has 0 fully saturated rings. The molecule has 0 atom stereocenters. The maximum atomic E-state index is 6.59. The fourth-order valence-corrected chi connectivity index (χ4v) is 0.640. The minimum absolute atomic E-state index is 0.847. The zero-order valence-corrected chi connectivity index (χ0v) is 5.54. The predicted octanol–water partition coefficient (Wildman–Crippen LogP) is 1.35. The molecule has 8 heavy (non-hydrogen) atoms. The minimum Gasteiger partial charge on any atom is -0.243 e. The Bertz CT molecular complexity index is 31.5. The molecule has 0 bridgehead atoms. The van der Waals surface area contributed by atoms with Crippen LogP contribution in [0, 0.1) is 0 Å². The number of unbranched alkanes of at least 4 members (excludes halogenated alkanes) is 3. The van der Waals surface area contributed by atoms with Gasteiger partial charge in [0.25, 0.3) is 0 Å². The maximum Gasteiger partial charge on any atom is 0.0113 e. The van der Waals surface area contributed by atoms with Crippen molar-refractivity contribution in [1.82, 2.24) is 11.3 Å². The lowest BCUT2D eigenvalue weighted by Gasteiger charge is -1.94. The van der Waals surface area contributed by atoms with E-state index in [1.54, 1.807) is 0 Å². The van der Waals surface area contributed by atoms with Crippen LogP contribution in [-0.4, -0.2) is 6.54 Å². The second-order valence-corrected chi connectivity index (χ2v) is 1.99. The van der Waals surface area contributed by atoms with Gasteiger partial charge in [0.15, 0.2) is 0 Å². The van der Waals surface area contributed by atoms with Crippen molar-refractivity contribution in [2.45, 2.75) is 32.6 Å². The van der Waals surface area contributed by atoms with Crippen LogP contribution in [0.2, 0.25) is 0 Å². The molecule has 0 amide bonds. The summed E-state index contributed by atoms with van der Waals surface area (Å²) in [5.74, 6) is 6.59. The van der Waals surface area contributed by atoms with E-state index in [1.165, 1.54) is 19.3 Å². The second kappa shape index (κ2) is 6.92. The highest BCUT2D eigenvalue weighted by Crippen LogP contribution is 1.95. The number of rotatable bonds is 5. The summed E-state index contributed by atoms with van der Waals surface area (Å²) < 4.78 is 0. The average molecular weight is 115 g/mol. The summed E-state index contributed by atoms with van der Waals surface area (Å²) in [6.45, 7) is 3.04. The third-order valence-corrected chi connectivity index (χ3v) is 1.16. The minimum atomic E-state index is 0.847. The lowest BCUT2D eigenvalue weighted by atomic mass is 10.2. The van der Waals surface area contributed by atoms with Crippen molar-refractivity contribution >= 4 is 0 Å². The molecule has 0 heterocycles.